The van der Waals surface area contributed by atoms with Crippen LogP contribution < -0.4 is 4.72 Å². The minimum atomic E-state index is -3.81. The number of nitrogens with one attached hydrogen (secondary N) is 1. The molecule has 2 aliphatic carbocycles. The number of hydrogen-bond acceptors (Lipinski definition) is 4. The first-order chi connectivity index (χ1) is 9.38. The van der Waals surface area contributed by atoms with Crippen molar-refractivity contribution in [1.82, 2.24) is 14.5 Å². The summed E-state index contributed by atoms with van der Waals surface area (Å²) >= 11 is 0. The van der Waals surface area contributed by atoms with Gasteiger partial charge in [-0.3, -0.25) is 9.48 Å². The number of carbonyl (C=O) groups excluding carboxylic acids is 1. The Hall–Kier alpha value is -1.37. The van der Waals surface area contributed by atoms with Gasteiger partial charge in [-0.15, -0.1) is 0 Å². The molecule has 0 saturated heterocycles. The highest BCUT2D eigenvalue weighted by molar-refractivity contribution is 7.90. The molecule has 0 aromatic carbocycles. The molecule has 3 atom stereocenters. The summed E-state index contributed by atoms with van der Waals surface area (Å²) in [5.41, 5.74) is 0.526. The predicted molar refractivity (Wildman–Crippen MR) is 72.2 cm³/mol. The average Bonchev–Trinajstić information content (AvgIpc) is 3.06. The highest BCUT2D eigenvalue weighted by atomic mass is 32.2. The van der Waals surface area contributed by atoms with Crippen LogP contribution in [0.4, 0.5) is 0 Å². The van der Waals surface area contributed by atoms with Gasteiger partial charge < -0.3 is 0 Å². The van der Waals surface area contributed by atoms with E-state index in [-0.39, 0.29) is 16.7 Å². The molecular formula is C13H19N3O3S. The van der Waals surface area contributed by atoms with Crippen LogP contribution in [0.15, 0.2) is 11.1 Å². The summed E-state index contributed by atoms with van der Waals surface area (Å²) in [4.78, 5) is 12.3. The van der Waals surface area contributed by atoms with Gasteiger partial charge in [-0.05, 0) is 38.0 Å². The monoisotopic (exact) mass is 297 g/mol. The molecule has 1 amide bonds. The van der Waals surface area contributed by atoms with Gasteiger partial charge in [0.2, 0.25) is 5.91 Å². The molecule has 20 heavy (non-hydrogen) atoms. The van der Waals surface area contributed by atoms with E-state index in [1.165, 1.54) is 17.3 Å². The number of aromatic nitrogens is 2. The van der Waals surface area contributed by atoms with Crippen LogP contribution in [0.3, 0.4) is 0 Å². The van der Waals surface area contributed by atoms with Gasteiger partial charge in [-0.2, -0.15) is 5.10 Å². The lowest BCUT2D eigenvalue weighted by Crippen LogP contribution is -2.37. The van der Waals surface area contributed by atoms with Gasteiger partial charge in [0, 0.05) is 13.0 Å². The second-order valence-electron chi connectivity index (χ2n) is 5.97. The Bertz CT molecular complexity index is 650. The van der Waals surface area contributed by atoms with Gasteiger partial charge in [0.15, 0.2) is 0 Å². The van der Waals surface area contributed by atoms with Crippen molar-refractivity contribution in [3.05, 3.63) is 11.9 Å². The first kappa shape index (κ1) is 13.6. The molecule has 3 rings (SSSR count). The summed E-state index contributed by atoms with van der Waals surface area (Å²) in [6.45, 7) is 1.67. The van der Waals surface area contributed by atoms with E-state index >= 15 is 0 Å². The van der Waals surface area contributed by atoms with E-state index in [0.717, 1.165) is 19.3 Å². The van der Waals surface area contributed by atoms with Gasteiger partial charge in [0.1, 0.15) is 4.90 Å². The molecule has 2 saturated carbocycles. The number of aryl methyl sites for hydroxylation is 1. The lowest BCUT2D eigenvalue weighted by atomic mass is 9.88. The van der Waals surface area contributed by atoms with E-state index < -0.39 is 10.0 Å². The van der Waals surface area contributed by atoms with Crippen LogP contribution in [0.2, 0.25) is 0 Å². The lowest BCUT2D eigenvalue weighted by molar-refractivity contribution is -0.124. The molecule has 1 aromatic rings. The maximum absolute atomic E-state index is 12.3. The maximum atomic E-state index is 12.3. The van der Waals surface area contributed by atoms with Crippen LogP contribution in [-0.2, 0) is 21.9 Å². The third kappa shape index (κ3) is 2.13. The van der Waals surface area contributed by atoms with Crippen molar-refractivity contribution < 1.29 is 13.2 Å². The fourth-order valence-electron chi connectivity index (χ4n) is 3.57. The third-order valence-corrected chi connectivity index (χ3v) is 6.24. The summed E-state index contributed by atoms with van der Waals surface area (Å²) in [6, 6.07) is 0. The summed E-state index contributed by atoms with van der Waals surface area (Å²) in [5.74, 6) is 0.490. The smallest absolute Gasteiger partial charge is 0.267 e. The van der Waals surface area contributed by atoms with Crippen LogP contribution in [-0.4, -0.2) is 24.1 Å². The second-order valence-corrected chi connectivity index (χ2v) is 7.62. The SMILES string of the molecule is Cc1c(S(=O)(=O)NC(=O)C2CC3CCC2C3)cnn1C. The minimum Gasteiger partial charge on any atom is -0.274 e. The Morgan fingerprint density at radius 2 is 2.15 bits per heavy atom. The van der Waals surface area contributed by atoms with Gasteiger partial charge in [0.05, 0.1) is 11.9 Å². The van der Waals surface area contributed by atoms with Crippen molar-refractivity contribution in [3.63, 3.8) is 0 Å². The molecule has 7 heteroatoms. The standard InChI is InChI=1S/C13H19N3O3S/c1-8-12(7-14-16(8)2)20(18,19)15-13(17)11-6-9-3-4-10(11)5-9/h7,9-11H,3-6H2,1-2H3,(H,15,17). The fraction of sp³-hybridized carbons (Fsp3) is 0.692. The number of sulfonamides is 1. The molecule has 2 aliphatic rings. The first-order valence-corrected chi connectivity index (χ1v) is 8.42. The molecule has 1 N–H and O–H groups in total. The average molecular weight is 297 g/mol. The molecule has 0 spiro atoms. The topological polar surface area (TPSA) is 81.1 Å². The summed E-state index contributed by atoms with van der Waals surface area (Å²) in [6.07, 6.45) is 5.42. The number of carbonyl (C=O) groups is 1. The van der Waals surface area contributed by atoms with Crippen LogP contribution in [0.25, 0.3) is 0 Å². The number of amides is 1. The molecule has 2 bridgehead atoms. The molecule has 0 aliphatic heterocycles. The Labute approximate surface area is 118 Å². The number of fused-ring (bicyclic) bond motifs is 2. The van der Waals surface area contributed by atoms with Crippen molar-refractivity contribution in [3.8, 4) is 0 Å². The molecule has 110 valence electrons. The predicted octanol–water partition coefficient (Wildman–Crippen LogP) is 0.970. The number of rotatable bonds is 3. The molecule has 1 aromatic heterocycles. The molecule has 6 nitrogen and oxygen atoms in total. The van der Waals surface area contributed by atoms with Crippen molar-refractivity contribution in [2.24, 2.45) is 24.8 Å². The largest absolute Gasteiger partial charge is 0.274 e. The van der Waals surface area contributed by atoms with Gasteiger partial charge in [0.25, 0.3) is 10.0 Å². The number of nitrogens with zero attached hydrogens (tertiary/aromatic N) is 2. The second kappa shape index (κ2) is 4.58. The van der Waals surface area contributed by atoms with E-state index in [9.17, 15) is 13.2 Å². The van der Waals surface area contributed by atoms with Gasteiger partial charge >= 0.3 is 0 Å². The Morgan fingerprint density at radius 1 is 1.40 bits per heavy atom. The normalized spacial score (nSPS) is 28.8. The van der Waals surface area contributed by atoms with Crippen LogP contribution in [0, 0.1) is 24.7 Å². The third-order valence-electron chi connectivity index (χ3n) is 4.79. The lowest BCUT2D eigenvalue weighted by Gasteiger charge is -2.20. The maximum Gasteiger partial charge on any atom is 0.267 e. The zero-order chi connectivity index (χ0) is 14.5. The quantitative estimate of drug-likeness (QED) is 0.901. The first-order valence-electron chi connectivity index (χ1n) is 6.93. The summed E-state index contributed by atoms with van der Waals surface area (Å²) < 4.78 is 28.2. The summed E-state index contributed by atoms with van der Waals surface area (Å²) in [5, 5.41) is 3.91. The van der Waals surface area contributed by atoms with Crippen molar-refractivity contribution in [1.29, 1.82) is 0 Å². The molecule has 0 radical (unpaired) electrons. The van der Waals surface area contributed by atoms with Crippen molar-refractivity contribution >= 4 is 15.9 Å². The fourth-order valence-corrected chi connectivity index (χ4v) is 4.80. The van der Waals surface area contributed by atoms with E-state index in [0.29, 0.717) is 17.5 Å². The molecule has 1 heterocycles. The van der Waals surface area contributed by atoms with E-state index in [2.05, 4.69) is 9.82 Å². The highest BCUT2D eigenvalue weighted by Crippen LogP contribution is 2.48. The van der Waals surface area contributed by atoms with Crippen molar-refractivity contribution in [2.75, 3.05) is 0 Å². The zero-order valence-corrected chi connectivity index (χ0v) is 12.5. The van der Waals surface area contributed by atoms with Crippen LogP contribution in [0.1, 0.15) is 31.4 Å². The molecule has 3 unspecified atom stereocenters. The zero-order valence-electron chi connectivity index (χ0n) is 11.7. The summed E-state index contributed by atoms with van der Waals surface area (Å²) in [7, 11) is -2.13. The van der Waals surface area contributed by atoms with Crippen molar-refractivity contribution in [2.45, 2.75) is 37.5 Å². The van der Waals surface area contributed by atoms with Gasteiger partial charge in [-0.25, -0.2) is 13.1 Å². The molecule has 2 fully saturated rings. The van der Waals surface area contributed by atoms with E-state index in [1.54, 1.807) is 14.0 Å². The molecular weight excluding hydrogens is 278 g/mol. The minimum absolute atomic E-state index is 0.0801. The van der Waals surface area contributed by atoms with Gasteiger partial charge in [-0.1, -0.05) is 6.42 Å². The Morgan fingerprint density at radius 3 is 2.65 bits per heavy atom. The van der Waals surface area contributed by atoms with E-state index in [1.807, 2.05) is 0 Å². The number of hydrogen-bond donors (Lipinski definition) is 1. The Balaban J connectivity index is 1.77. The highest BCUT2D eigenvalue weighted by Gasteiger charge is 2.44. The van der Waals surface area contributed by atoms with E-state index in [4.69, 9.17) is 0 Å². The van der Waals surface area contributed by atoms with Crippen LogP contribution >= 0.6 is 0 Å². The Kier molecular flexibility index (Phi) is 3.12. The van der Waals surface area contributed by atoms with Crippen LogP contribution in [0.5, 0.6) is 0 Å².